The molecule has 0 N–H and O–H groups in total. The average Bonchev–Trinajstić information content (AvgIpc) is 2.16. The maximum atomic E-state index is 11.1. The lowest BCUT2D eigenvalue weighted by atomic mass is 10.1. The van der Waals surface area contributed by atoms with E-state index in [-0.39, 0.29) is 11.9 Å². The maximum absolute atomic E-state index is 11.1. The molecule has 0 saturated heterocycles. The Morgan fingerprint density at radius 2 is 2.07 bits per heavy atom. The molecule has 0 aliphatic rings. The molecule has 0 saturated carbocycles. The van der Waals surface area contributed by atoms with E-state index in [2.05, 4.69) is 25.5 Å². The van der Waals surface area contributed by atoms with E-state index in [1.54, 1.807) is 10.8 Å². The molecule has 0 fully saturated rings. The fraction of sp³-hybridized carbons (Fsp3) is 0.900. The summed E-state index contributed by atoms with van der Waals surface area (Å²) >= 11 is 0. The molecule has 0 heterocycles. The minimum Gasteiger partial charge on any atom is -0.469 e. The van der Waals surface area contributed by atoms with Crippen molar-refractivity contribution in [1.29, 1.82) is 0 Å². The molecule has 14 heavy (non-hydrogen) atoms. The van der Waals surface area contributed by atoms with Crippen LogP contribution in [-0.2, 0) is 9.53 Å². The quantitative estimate of drug-likeness (QED) is 0.522. The third-order valence-corrected chi connectivity index (χ3v) is 5.67. The van der Waals surface area contributed by atoms with E-state index in [0.29, 0.717) is 4.75 Å². The van der Waals surface area contributed by atoms with Crippen LogP contribution >= 0.6 is 21.6 Å². The Bertz CT molecular complexity index is 181. The Balaban J connectivity index is 3.69. The number of hydrogen-bond donors (Lipinski definition) is 0. The SMILES string of the molecule is CCC(C)(C)SSCC(C)C(=O)OC. The Kier molecular flexibility index (Phi) is 6.70. The topological polar surface area (TPSA) is 26.3 Å². The predicted molar refractivity (Wildman–Crippen MR) is 65.6 cm³/mol. The zero-order valence-corrected chi connectivity index (χ0v) is 11.3. The third-order valence-electron chi connectivity index (χ3n) is 2.06. The highest BCUT2D eigenvalue weighted by molar-refractivity contribution is 8.77. The van der Waals surface area contributed by atoms with Crippen LogP contribution in [0.25, 0.3) is 0 Å². The van der Waals surface area contributed by atoms with Gasteiger partial charge in [0, 0.05) is 10.5 Å². The minimum atomic E-state index is -0.118. The lowest BCUT2D eigenvalue weighted by Gasteiger charge is -2.21. The fourth-order valence-corrected chi connectivity index (χ4v) is 3.60. The van der Waals surface area contributed by atoms with Crippen LogP contribution in [0.4, 0.5) is 0 Å². The van der Waals surface area contributed by atoms with Crippen molar-refractivity contribution in [2.75, 3.05) is 12.9 Å². The number of carbonyl (C=O) groups is 1. The highest BCUT2D eigenvalue weighted by Gasteiger charge is 2.18. The summed E-state index contributed by atoms with van der Waals surface area (Å²) in [6.07, 6.45) is 1.14. The molecule has 0 aliphatic heterocycles. The van der Waals surface area contributed by atoms with Crippen LogP contribution in [-0.4, -0.2) is 23.6 Å². The summed E-state index contributed by atoms with van der Waals surface area (Å²) < 4.78 is 4.95. The minimum absolute atomic E-state index is 0.00911. The van der Waals surface area contributed by atoms with E-state index in [0.717, 1.165) is 12.2 Å². The predicted octanol–water partition coefficient (Wildman–Crippen LogP) is 3.37. The third kappa shape index (κ3) is 5.81. The summed E-state index contributed by atoms with van der Waals surface area (Å²) in [4.78, 5) is 11.1. The molecular formula is C10H20O2S2. The summed E-state index contributed by atoms with van der Waals surface area (Å²) in [6, 6.07) is 0. The molecule has 1 atom stereocenters. The number of methoxy groups -OCH3 is 1. The van der Waals surface area contributed by atoms with Crippen LogP contribution in [0.3, 0.4) is 0 Å². The van der Waals surface area contributed by atoms with Gasteiger partial charge in [-0.1, -0.05) is 35.4 Å². The van der Waals surface area contributed by atoms with E-state index in [1.165, 1.54) is 7.11 Å². The lowest BCUT2D eigenvalue weighted by Crippen LogP contribution is -2.16. The molecule has 1 unspecified atom stereocenters. The number of esters is 1. The fourth-order valence-electron chi connectivity index (χ4n) is 0.624. The number of hydrogen-bond acceptors (Lipinski definition) is 4. The lowest BCUT2D eigenvalue weighted by molar-refractivity contribution is -0.143. The van der Waals surface area contributed by atoms with Gasteiger partial charge in [-0.05, 0) is 20.3 Å². The number of ether oxygens (including phenoxy) is 1. The molecular weight excluding hydrogens is 216 g/mol. The average molecular weight is 236 g/mol. The molecule has 2 nitrogen and oxygen atoms in total. The van der Waals surface area contributed by atoms with Gasteiger partial charge in [0.2, 0.25) is 0 Å². The molecule has 0 spiro atoms. The normalized spacial score (nSPS) is 13.8. The molecule has 0 radical (unpaired) electrons. The van der Waals surface area contributed by atoms with Gasteiger partial charge in [-0.15, -0.1) is 0 Å². The highest BCUT2D eigenvalue weighted by Crippen LogP contribution is 2.38. The molecule has 4 heteroatoms. The largest absolute Gasteiger partial charge is 0.469 e. The van der Waals surface area contributed by atoms with E-state index < -0.39 is 0 Å². The summed E-state index contributed by atoms with van der Waals surface area (Å²) in [5.74, 6) is 0.693. The van der Waals surface area contributed by atoms with Crippen LogP contribution in [0, 0.1) is 5.92 Å². The first-order chi connectivity index (χ1) is 6.43. The van der Waals surface area contributed by atoms with E-state index >= 15 is 0 Å². The van der Waals surface area contributed by atoms with Crippen molar-refractivity contribution in [3.8, 4) is 0 Å². The number of rotatable bonds is 6. The van der Waals surface area contributed by atoms with Crippen molar-refractivity contribution in [1.82, 2.24) is 0 Å². The summed E-state index contributed by atoms with van der Waals surface area (Å²) in [6.45, 7) is 8.51. The van der Waals surface area contributed by atoms with Crippen molar-refractivity contribution in [2.24, 2.45) is 5.92 Å². The van der Waals surface area contributed by atoms with Gasteiger partial charge in [-0.2, -0.15) is 0 Å². The molecule has 0 amide bonds. The first-order valence-corrected chi connectivity index (χ1v) is 7.13. The second-order valence-electron chi connectivity index (χ2n) is 3.91. The van der Waals surface area contributed by atoms with Crippen molar-refractivity contribution in [2.45, 2.75) is 38.9 Å². The van der Waals surface area contributed by atoms with Crippen LogP contribution in [0.15, 0.2) is 0 Å². The van der Waals surface area contributed by atoms with Crippen molar-refractivity contribution in [3.05, 3.63) is 0 Å². The van der Waals surface area contributed by atoms with Crippen molar-refractivity contribution < 1.29 is 9.53 Å². The summed E-state index contributed by atoms with van der Waals surface area (Å²) in [5.41, 5.74) is 0. The van der Waals surface area contributed by atoms with Crippen LogP contribution < -0.4 is 0 Å². The Morgan fingerprint density at radius 1 is 1.50 bits per heavy atom. The van der Waals surface area contributed by atoms with Gasteiger partial charge in [0.05, 0.1) is 13.0 Å². The first kappa shape index (κ1) is 14.2. The number of carbonyl (C=O) groups excluding carboxylic acids is 1. The monoisotopic (exact) mass is 236 g/mol. The van der Waals surface area contributed by atoms with Crippen molar-refractivity contribution >= 4 is 27.6 Å². The molecule has 0 bridgehead atoms. The second-order valence-corrected chi connectivity index (χ2v) is 6.95. The van der Waals surface area contributed by atoms with Gasteiger partial charge in [0.1, 0.15) is 0 Å². The summed E-state index contributed by atoms with van der Waals surface area (Å²) in [7, 11) is 5.03. The molecule has 84 valence electrons. The Hall–Kier alpha value is 0.170. The first-order valence-electron chi connectivity index (χ1n) is 4.81. The maximum Gasteiger partial charge on any atom is 0.309 e. The highest BCUT2D eigenvalue weighted by atomic mass is 33.1. The molecule has 0 aliphatic carbocycles. The van der Waals surface area contributed by atoms with E-state index in [4.69, 9.17) is 0 Å². The van der Waals surface area contributed by atoms with Crippen LogP contribution in [0.2, 0.25) is 0 Å². The second kappa shape index (κ2) is 6.62. The van der Waals surface area contributed by atoms with Gasteiger partial charge in [0.25, 0.3) is 0 Å². The van der Waals surface area contributed by atoms with Gasteiger partial charge < -0.3 is 4.74 Å². The van der Waals surface area contributed by atoms with Crippen LogP contribution in [0.5, 0.6) is 0 Å². The molecule has 0 aromatic heterocycles. The zero-order valence-electron chi connectivity index (χ0n) is 9.62. The van der Waals surface area contributed by atoms with E-state index in [9.17, 15) is 4.79 Å². The molecule has 0 aromatic rings. The zero-order chi connectivity index (χ0) is 11.2. The smallest absolute Gasteiger partial charge is 0.309 e. The van der Waals surface area contributed by atoms with Crippen LogP contribution in [0.1, 0.15) is 34.1 Å². The molecule has 0 aromatic carbocycles. The standard InChI is InChI=1S/C10H20O2S2/c1-6-10(3,4)14-13-7-8(2)9(11)12-5/h8H,6-7H2,1-5H3. The Labute approximate surface area is 94.9 Å². The Morgan fingerprint density at radius 3 is 2.50 bits per heavy atom. The van der Waals surface area contributed by atoms with Gasteiger partial charge in [-0.25, -0.2) is 0 Å². The van der Waals surface area contributed by atoms with Gasteiger partial charge in [0.15, 0.2) is 0 Å². The van der Waals surface area contributed by atoms with E-state index in [1.807, 2.05) is 17.7 Å². The van der Waals surface area contributed by atoms with Crippen molar-refractivity contribution in [3.63, 3.8) is 0 Å². The molecule has 0 rings (SSSR count). The van der Waals surface area contributed by atoms with Gasteiger partial charge in [-0.3, -0.25) is 4.79 Å². The summed E-state index contributed by atoms with van der Waals surface area (Å²) in [5, 5.41) is 0. The van der Waals surface area contributed by atoms with Gasteiger partial charge >= 0.3 is 5.97 Å².